The lowest BCUT2D eigenvalue weighted by atomic mass is 10.1. The number of aromatic nitrogens is 1. The summed E-state index contributed by atoms with van der Waals surface area (Å²) in [4.78, 5) is 2.30. The third kappa shape index (κ3) is 5.40. The summed E-state index contributed by atoms with van der Waals surface area (Å²) in [5, 5.41) is 4.01. The minimum Gasteiger partial charge on any atom is -0.361 e. The van der Waals surface area contributed by atoms with Gasteiger partial charge in [-0.25, -0.2) is 12.7 Å². The molecule has 1 aliphatic heterocycles. The Bertz CT molecular complexity index is 814. The van der Waals surface area contributed by atoms with E-state index in [0.717, 1.165) is 49.5 Å². The van der Waals surface area contributed by atoms with E-state index in [0.29, 0.717) is 19.5 Å². The Morgan fingerprint density at radius 3 is 2.56 bits per heavy atom. The molecule has 0 amide bonds. The van der Waals surface area contributed by atoms with Crippen LogP contribution < -0.4 is 0 Å². The van der Waals surface area contributed by atoms with Gasteiger partial charge in [0.2, 0.25) is 10.0 Å². The third-order valence-electron chi connectivity index (χ3n) is 5.21. The summed E-state index contributed by atoms with van der Waals surface area (Å²) in [5.41, 5.74) is 3.23. The van der Waals surface area contributed by atoms with Crippen LogP contribution >= 0.6 is 0 Å². The third-order valence-corrected chi connectivity index (χ3v) is 7.17. The van der Waals surface area contributed by atoms with E-state index in [2.05, 4.69) is 10.1 Å². The van der Waals surface area contributed by atoms with Crippen molar-refractivity contribution in [3.8, 4) is 0 Å². The van der Waals surface area contributed by atoms with Crippen LogP contribution in [0.15, 0.2) is 34.9 Å². The molecule has 1 aromatic carbocycles. The molecule has 0 N–H and O–H groups in total. The van der Waals surface area contributed by atoms with Gasteiger partial charge < -0.3 is 4.52 Å². The summed E-state index contributed by atoms with van der Waals surface area (Å²) in [7, 11) is -3.20. The van der Waals surface area contributed by atoms with E-state index in [1.165, 1.54) is 5.56 Å². The molecule has 148 valence electrons. The van der Waals surface area contributed by atoms with Crippen LogP contribution in [0.1, 0.15) is 35.4 Å². The number of hydrogen-bond acceptors (Lipinski definition) is 5. The predicted octanol–water partition coefficient (Wildman–Crippen LogP) is 2.76. The van der Waals surface area contributed by atoms with Gasteiger partial charge in [0.05, 0.1) is 11.4 Å². The molecule has 0 spiro atoms. The highest BCUT2D eigenvalue weighted by Crippen LogP contribution is 2.17. The standard InChI is InChI=1S/C20H29N3O3S/c1-17-20(18(2)26-21-17)16-22-11-7-12-23(14-13-22)27(24,25)15-6-10-19-8-4-3-5-9-19/h3-5,8-9H,6-7,10-16H2,1-2H3. The molecule has 7 heteroatoms. The van der Waals surface area contributed by atoms with Crippen molar-refractivity contribution in [2.75, 3.05) is 31.9 Å². The van der Waals surface area contributed by atoms with Gasteiger partial charge >= 0.3 is 0 Å². The molecule has 0 saturated carbocycles. The Morgan fingerprint density at radius 1 is 1.07 bits per heavy atom. The lowest BCUT2D eigenvalue weighted by molar-refractivity contribution is 0.276. The molecule has 1 fully saturated rings. The Labute approximate surface area is 162 Å². The van der Waals surface area contributed by atoms with Crippen LogP contribution in [0.4, 0.5) is 0 Å². The van der Waals surface area contributed by atoms with Crippen molar-refractivity contribution in [3.63, 3.8) is 0 Å². The van der Waals surface area contributed by atoms with Gasteiger partial charge in [0.1, 0.15) is 5.76 Å². The minimum absolute atomic E-state index is 0.214. The Morgan fingerprint density at radius 2 is 1.85 bits per heavy atom. The molecule has 3 rings (SSSR count). The van der Waals surface area contributed by atoms with Crippen LogP contribution in [0.5, 0.6) is 0 Å². The second-order valence-electron chi connectivity index (χ2n) is 7.24. The van der Waals surface area contributed by atoms with Crippen molar-refractivity contribution in [1.82, 2.24) is 14.4 Å². The topological polar surface area (TPSA) is 66.7 Å². The van der Waals surface area contributed by atoms with Gasteiger partial charge in [-0.05, 0) is 45.2 Å². The van der Waals surface area contributed by atoms with Crippen LogP contribution in [0, 0.1) is 13.8 Å². The molecule has 0 radical (unpaired) electrons. The fourth-order valence-corrected chi connectivity index (χ4v) is 5.10. The van der Waals surface area contributed by atoms with E-state index < -0.39 is 10.0 Å². The number of sulfonamides is 1. The van der Waals surface area contributed by atoms with E-state index >= 15 is 0 Å². The molecule has 1 aliphatic rings. The average molecular weight is 392 g/mol. The molecule has 2 aromatic rings. The summed E-state index contributed by atoms with van der Waals surface area (Å²) in [6, 6.07) is 10.1. The Kier molecular flexibility index (Phi) is 6.68. The second kappa shape index (κ2) is 8.99. The summed E-state index contributed by atoms with van der Waals surface area (Å²) in [6.07, 6.45) is 2.30. The van der Waals surface area contributed by atoms with E-state index in [4.69, 9.17) is 4.52 Å². The maximum absolute atomic E-state index is 12.7. The number of aryl methyl sites for hydroxylation is 3. The first kappa shape index (κ1) is 20.0. The summed E-state index contributed by atoms with van der Waals surface area (Å²) < 4.78 is 32.4. The van der Waals surface area contributed by atoms with Crippen molar-refractivity contribution in [1.29, 1.82) is 0 Å². The number of hydrogen-bond donors (Lipinski definition) is 0. The van der Waals surface area contributed by atoms with Crippen molar-refractivity contribution in [2.24, 2.45) is 0 Å². The SMILES string of the molecule is Cc1noc(C)c1CN1CCCN(S(=O)(=O)CCCc2ccccc2)CC1. The fourth-order valence-electron chi connectivity index (χ4n) is 3.57. The van der Waals surface area contributed by atoms with Gasteiger partial charge in [-0.2, -0.15) is 0 Å². The summed E-state index contributed by atoms with van der Waals surface area (Å²) in [5.74, 6) is 1.06. The zero-order valence-electron chi connectivity index (χ0n) is 16.2. The Hall–Kier alpha value is -1.70. The van der Waals surface area contributed by atoms with Gasteiger partial charge in [-0.3, -0.25) is 4.90 Å². The molecule has 0 unspecified atom stereocenters. The number of benzene rings is 1. The predicted molar refractivity (Wildman–Crippen MR) is 106 cm³/mol. The zero-order chi connectivity index (χ0) is 19.3. The van der Waals surface area contributed by atoms with E-state index in [1.54, 1.807) is 4.31 Å². The minimum atomic E-state index is -3.20. The first-order valence-corrected chi connectivity index (χ1v) is 11.2. The van der Waals surface area contributed by atoms with Gasteiger partial charge in [-0.1, -0.05) is 35.5 Å². The molecule has 6 nitrogen and oxygen atoms in total. The lowest BCUT2D eigenvalue weighted by Crippen LogP contribution is -2.36. The molecular weight excluding hydrogens is 362 g/mol. The van der Waals surface area contributed by atoms with Gasteiger partial charge in [0, 0.05) is 31.7 Å². The van der Waals surface area contributed by atoms with E-state index in [1.807, 2.05) is 44.2 Å². The molecule has 1 aromatic heterocycles. The molecule has 27 heavy (non-hydrogen) atoms. The number of nitrogens with zero attached hydrogens (tertiary/aromatic N) is 3. The quantitative estimate of drug-likeness (QED) is 0.726. The normalized spacial score (nSPS) is 17.1. The fraction of sp³-hybridized carbons (Fsp3) is 0.550. The molecule has 0 aliphatic carbocycles. The van der Waals surface area contributed by atoms with E-state index in [9.17, 15) is 8.42 Å². The van der Waals surface area contributed by atoms with Crippen molar-refractivity contribution in [2.45, 2.75) is 39.7 Å². The van der Waals surface area contributed by atoms with Crippen LogP contribution in [-0.2, 0) is 23.0 Å². The molecule has 0 bridgehead atoms. The Balaban J connectivity index is 1.52. The maximum atomic E-state index is 12.7. The summed E-state index contributed by atoms with van der Waals surface area (Å²) in [6.45, 7) is 7.43. The second-order valence-corrected chi connectivity index (χ2v) is 9.33. The van der Waals surface area contributed by atoms with Crippen LogP contribution in [0.3, 0.4) is 0 Å². The van der Waals surface area contributed by atoms with E-state index in [-0.39, 0.29) is 5.75 Å². The van der Waals surface area contributed by atoms with Gasteiger partial charge in [0.25, 0.3) is 0 Å². The number of rotatable bonds is 7. The average Bonchev–Trinajstić information content (AvgIpc) is 2.85. The molecule has 0 atom stereocenters. The van der Waals surface area contributed by atoms with Gasteiger partial charge in [-0.15, -0.1) is 0 Å². The monoisotopic (exact) mass is 391 g/mol. The first-order chi connectivity index (χ1) is 13.0. The van der Waals surface area contributed by atoms with Crippen LogP contribution in [0.25, 0.3) is 0 Å². The summed E-state index contributed by atoms with van der Waals surface area (Å²) >= 11 is 0. The van der Waals surface area contributed by atoms with Crippen molar-refractivity contribution >= 4 is 10.0 Å². The zero-order valence-corrected chi connectivity index (χ0v) is 17.0. The highest BCUT2D eigenvalue weighted by Gasteiger charge is 2.25. The van der Waals surface area contributed by atoms with Crippen molar-refractivity contribution < 1.29 is 12.9 Å². The molecule has 1 saturated heterocycles. The maximum Gasteiger partial charge on any atom is 0.214 e. The molecular formula is C20H29N3O3S. The largest absolute Gasteiger partial charge is 0.361 e. The van der Waals surface area contributed by atoms with Crippen LogP contribution in [0.2, 0.25) is 0 Å². The van der Waals surface area contributed by atoms with Crippen LogP contribution in [-0.4, -0.2) is 54.7 Å². The lowest BCUT2D eigenvalue weighted by Gasteiger charge is -2.21. The first-order valence-electron chi connectivity index (χ1n) is 9.61. The highest BCUT2D eigenvalue weighted by atomic mass is 32.2. The smallest absolute Gasteiger partial charge is 0.214 e. The van der Waals surface area contributed by atoms with Gasteiger partial charge in [0.15, 0.2) is 0 Å². The highest BCUT2D eigenvalue weighted by molar-refractivity contribution is 7.89. The van der Waals surface area contributed by atoms with Crippen molar-refractivity contribution in [3.05, 3.63) is 52.9 Å². The molecule has 2 heterocycles.